The Balaban J connectivity index is 0.853. The van der Waals surface area contributed by atoms with Gasteiger partial charge in [-0.1, -0.05) is 182 Å². The molecule has 0 unspecified atom stereocenters. The van der Waals surface area contributed by atoms with Gasteiger partial charge in [-0.3, -0.25) is 4.98 Å². The number of benzene rings is 12. The van der Waals surface area contributed by atoms with Crippen molar-refractivity contribution in [2.75, 3.05) is 0 Å². The van der Waals surface area contributed by atoms with Crippen molar-refractivity contribution in [3.63, 3.8) is 0 Å². The van der Waals surface area contributed by atoms with Crippen molar-refractivity contribution in [1.29, 1.82) is 0 Å². The van der Waals surface area contributed by atoms with Gasteiger partial charge in [0, 0.05) is 17.1 Å². The lowest BCUT2D eigenvalue weighted by Gasteiger charge is -2.19. The Bertz CT molecular complexity index is 4370. The van der Waals surface area contributed by atoms with Gasteiger partial charge in [-0.2, -0.15) is 4.80 Å². The van der Waals surface area contributed by atoms with Gasteiger partial charge in [0.1, 0.15) is 11.0 Å². The number of aromatic nitrogens is 4. The average Bonchev–Trinajstić information content (AvgIpc) is 3.85. The smallest absolute Gasteiger partial charge is 0.114 e. The minimum Gasteiger partial charge on any atom is -0.256 e. The predicted molar refractivity (Wildman–Crippen MR) is 289 cm³/mol. The summed E-state index contributed by atoms with van der Waals surface area (Å²) in [7, 11) is 0. The summed E-state index contributed by atoms with van der Waals surface area (Å²) in [6.07, 6.45) is 1.98. The fourth-order valence-electron chi connectivity index (χ4n) is 10.7. The average molecular weight is 877 g/mol. The molecular weight excluding hydrogens is 837 g/mol. The lowest BCUT2D eigenvalue weighted by atomic mass is 9.84. The minimum absolute atomic E-state index is 0.839. The van der Waals surface area contributed by atoms with Gasteiger partial charge >= 0.3 is 0 Å². The van der Waals surface area contributed by atoms with Crippen LogP contribution in [0.4, 0.5) is 0 Å². The molecule has 0 aliphatic rings. The molecule has 0 radical (unpaired) electrons. The van der Waals surface area contributed by atoms with Crippen molar-refractivity contribution in [1.82, 2.24) is 20.0 Å². The fourth-order valence-corrected chi connectivity index (χ4v) is 10.7. The van der Waals surface area contributed by atoms with E-state index in [1.165, 1.54) is 87.2 Å². The van der Waals surface area contributed by atoms with E-state index >= 15 is 0 Å². The van der Waals surface area contributed by atoms with Crippen LogP contribution in [0.5, 0.6) is 0 Å². The summed E-state index contributed by atoms with van der Waals surface area (Å²) in [5.41, 5.74) is 15.3. The van der Waals surface area contributed by atoms with Crippen LogP contribution in [-0.2, 0) is 0 Å². The van der Waals surface area contributed by atoms with Crippen LogP contribution >= 0.6 is 0 Å². The highest BCUT2D eigenvalue weighted by Gasteiger charge is 2.19. The first kappa shape index (κ1) is 39.0. The van der Waals surface area contributed by atoms with E-state index in [4.69, 9.17) is 15.2 Å². The number of hydrogen-bond acceptors (Lipinski definition) is 3. The molecule has 69 heavy (non-hydrogen) atoms. The maximum Gasteiger partial charge on any atom is 0.114 e. The summed E-state index contributed by atoms with van der Waals surface area (Å²) in [4.78, 5) is 6.52. The Morgan fingerprint density at radius 3 is 1.42 bits per heavy atom. The SMILES string of the molecule is c1ccc2cc(-c3c4ccccc4c(-c4ccc5ccccc5c4)c4cc(-c5ccc6nn(-c7ccc(-c8ccc(-c9cnc%10ccccc%10c9)c9ccccc89)cc7)nc6c5)ccc34)ccc2c1. The van der Waals surface area contributed by atoms with Crippen molar-refractivity contribution in [3.05, 3.63) is 243 Å². The van der Waals surface area contributed by atoms with Gasteiger partial charge in [0.05, 0.1) is 11.2 Å². The molecule has 14 rings (SSSR count). The molecule has 0 saturated heterocycles. The Hall–Kier alpha value is -9.25. The first-order chi connectivity index (χ1) is 34.2. The normalized spacial score (nSPS) is 11.8. The first-order valence-corrected chi connectivity index (χ1v) is 23.5. The van der Waals surface area contributed by atoms with Crippen LogP contribution < -0.4 is 0 Å². The van der Waals surface area contributed by atoms with Crippen LogP contribution in [0.2, 0.25) is 0 Å². The Labute approximate surface area is 398 Å². The van der Waals surface area contributed by atoms with Gasteiger partial charge in [0.2, 0.25) is 0 Å². The molecule has 0 amide bonds. The van der Waals surface area contributed by atoms with E-state index in [1.807, 2.05) is 12.3 Å². The van der Waals surface area contributed by atoms with Gasteiger partial charge in [0.25, 0.3) is 0 Å². The highest BCUT2D eigenvalue weighted by Crippen LogP contribution is 2.46. The van der Waals surface area contributed by atoms with Crippen LogP contribution in [0.25, 0.3) is 137 Å². The standard InChI is InChI=1S/C65H40N4/c1-3-13-44-35-49(23-21-41(44)11-1)64-57-18-8-9-19-58(57)65(50-24-22-42-12-2-4-14-45(42)36-50)60-38-46(27-31-59(60)64)47-28-34-62-63(39-47)68-69(67-62)52-29-25-43(26-30-52)53-32-33-54(56-17-7-6-16-55(53)56)51-37-48-15-5-10-20-61(48)66-40-51/h1-40H. The van der Waals surface area contributed by atoms with E-state index < -0.39 is 0 Å². The van der Waals surface area contributed by atoms with Crippen molar-refractivity contribution in [3.8, 4) is 61.3 Å². The molecular formula is C65H40N4. The molecule has 2 heterocycles. The maximum absolute atomic E-state index is 5.06. The zero-order valence-corrected chi connectivity index (χ0v) is 37.4. The van der Waals surface area contributed by atoms with E-state index in [-0.39, 0.29) is 0 Å². The molecule has 12 aromatic carbocycles. The topological polar surface area (TPSA) is 43.6 Å². The Morgan fingerprint density at radius 1 is 0.261 bits per heavy atom. The summed E-state index contributed by atoms with van der Waals surface area (Å²) in [5.74, 6) is 0. The van der Waals surface area contributed by atoms with E-state index in [9.17, 15) is 0 Å². The molecule has 0 bridgehead atoms. The Kier molecular flexibility index (Phi) is 8.86. The van der Waals surface area contributed by atoms with Crippen LogP contribution in [-0.4, -0.2) is 20.0 Å². The highest BCUT2D eigenvalue weighted by molar-refractivity contribution is 6.22. The molecule has 0 atom stereocenters. The second-order valence-corrected chi connectivity index (χ2v) is 18.0. The molecule has 14 aromatic rings. The van der Waals surface area contributed by atoms with Gasteiger partial charge in [-0.05, 0) is 159 Å². The largest absolute Gasteiger partial charge is 0.256 e. The van der Waals surface area contributed by atoms with E-state index in [0.717, 1.165) is 49.9 Å². The van der Waals surface area contributed by atoms with Crippen LogP contribution in [0.1, 0.15) is 0 Å². The second kappa shape index (κ2) is 15.7. The number of rotatable bonds is 6. The molecule has 320 valence electrons. The molecule has 2 aromatic heterocycles. The molecule has 4 heteroatoms. The monoisotopic (exact) mass is 876 g/mol. The third-order valence-electron chi connectivity index (χ3n) is 14.0. The lowest BCUT2D eigenvalue weighted by molar-refractivity contribution is 0.766. The summed E-state index contributed by atoms with van der Waals surface area (Å²) >= 11 is 0. The molecule has 0 spiro atoms. The number of nitrogens with zero attached hydrogens (tertiary/aromatic N) is 4. The highest BCUT2D eigenvalue weighted by atomic mass is 15.5. The molecule has 0 aliphatic heterocycles. The van der Waals surface area contributed by atoms with Gasteiger partial charge < -0.3 is 0 Å². The number of hydrogen-bond donors (Lipinski definition) is 0. The Morgan fingerprint density at radius 2 is 0.739 bits per heavy atom. The third-order valence-corrected chi connectivity index (χ3v) is 14.0. The van der Waals surface area contributed by atoms with Crippen LogP contribution in [0.15, 0.2) is 243 Å². The quantitative estimate of drug-likeness (QED) is 0.156. The van der Waals surface area contributed by atoms with Crippen molar-refractivity contribution >= 4 is 75.8 Å². The molecule has 0 N–H and O–H groups in total. The summed E-state index contributed by atoms with van der Waals surface area (Å²) in [6, 6.07) is 85.5. The number of fused-ring (bicyclic) bond motifs is 7. The number of para-hydroxylation sites is 1. The minimum atomic E-state index is 0.839. The first-order valence-electron chi connectivity index (χ1n) is 23.5. The zero-order valence-electron chi connectivity index (χ0n) is 37.4. The van der Waals surface area contributed by atoms with Gasteiger partial charge in [-0.25, -0.2) is 0 Å². The van der Waals surface area contributed by atoms with Crippen molar-refractivity contribution in [2.45, 2.75) is 0 Å². The molecule has 4 nitrogen and oxygen atoms in total. The second-order valence-electron chi connectivity index (χ2n) is 18.0. The summed E-state index contributed by atoms with van der Waals surface area (Å²) in [6.45, 7) is 0. The van der Waals surface area contributed by atoms with Crippen LogP contribution in [0.3, 0.4) is 0 Å². The van der Waals surface area contributed by atoms with Crippen molar-refractivity contribution in [2.24, 2.45) is 0 Å². The number of pyridine rings is 1. The maximum atomic E-state index is 5.06. The van der Waals surface area contributed by atoms with E-state index in [1.54, 1.807) is 4.80 Å². The van der Waals surface area contributed by atoms with Crippen molar-refractivity contribution < 1.29 is 0 Å². The van der Waals surface area contributed by atoms with Crippen LogP contribution in [0, 0.1) is 0 Å². The molecule has 0 aliphatic carbocycles. The van der Waals surface area contributed by atoms with Gasteiger partial charge in [-0.15, -0.1) is 10.2 Å². The van der Waals surface area contributed by atoms with E-state index in [0.29, 0.717) is 0 Å². The summed E-state index contributed by atoms with van der Waals surface area (Å²) in [5, 5.41) is 23.4. The molecule has 0 fully saturated rings. The zero-order chi connectivity index (χ0) is 45.4. The molecule has 0 saturated carbocycles. The third kappa shape index (κ3) is 6.57. The fraction of sp³-hybridized carbons (Fsp3) is 0. The predicted octanol–water partition coefficient (Wildman–Crippen LogP) is 17.1. The van der Waals surface area contributed by atoms with E-state index in [2.05, 4.69) is 231 Å². The van der Waals surface area contributed by atoms with Gasteiger partial charge in [0.15, 0.2) is 0 Å². The summed E-state index contributed by atoms with van der Waals surface area (Å²) < 4.78 is 0. The lowest BCUT2D eigenvalue weighted by Crippen LogP contribution is -1.98.